The maximum atomic E-state index is 12.7. The zero-order valence-electron chi connectivity index (χ0n) is 13.0. The summed E-state index contributed by atoms with van der Waals surface area (Å²) in [4.78, 5) is 15.0. The zero-order valence-corrected chi connectivity index (χ0v) is 13.0. The molecule has 2 rings (SSSR count). The van der Waals surface area contributed by atoms with Crippen molar-refractivity contribution in [2.75, 3.05) is 32.8 Å². The molecule has 0 radical (unpaired) electrons. The fourth-order valence-electron chi connectivity index (χ4n) is 2.56. The summed E-state index contributed by atoms with van der Waals surface area (Å²) in [6, 6.07) is 7.45. The Hall–Kier alpha value is -1.39. The van der Waals surface area contributed by atoms with Gasteiger partial charge in [0.15, 0.2) is 5.78 Å². The SMILES string of the molecule is CCCOc1ccccc1C(=O)C1CN(CCC)CCO1. The molecule has 1 heterocycles. The first-order valence-electron chi connectivity index (χ1n) is 7.86. The van der Waals surface area contributed by atoms with Gasteiger partial charge in [0.1, 0.15) is 11.9 Å². The third kappa shape index (κ3) is 4.29. The molecule has 0 amide bonds. The normalized spacial score (nSPS) is 19.4. The lowest BCUT2D eigenvalue weighted by atomic mass is 10.0. The van der Waals surface area contributed by atoms with E-state index in [2.05, 4.69) is 18.7 Å². The first kappa shape index (κ1) is 16.0. The first-order valence-corrected chi connectivity index (χ1v) is 7.86. The molecule has 0 N–H and O–H groups in total. The molecule has 1 aromatic rings. The van der Waals surface area contributed by atoms with Crippen molar-refractivity contribution in [3.8, 4) is 5.75 Å². The molecule has 116 valence electrons. The van der Waals surface area contributed by atoms with Crippen LogP contribution in [-0.2, 0) is 4.74 Å². The third-order valence-electron chi connectivity index (χ3n) is 3.60. The summed E-state index contributed by atoms with van der Waals surface area (Å²) in [7, 11) is 0. The molecule has 0 aliphatic carbocycles. The molecule has 1 aliphatic rings. The van der Waals surface area contributed by atoms with Crippen LogP contribution in [0.25, 0.3) is 0 Å². The highest BCUT2D eigenvalue weighted by atomic mass is 16.5. The van der Waals surface area contributed by atoms with Crippen LogP contribution in [0.3, 0.4) is 0 Å². The number of benzene rings is 1. The molecule has 0 spiro atoms. The van der Waals surface area contributed by atoms with Crippen molar-refractivity contribution in [3.63, 3.8) is 0 Å². The van der Waals surface area contributed by atoms with E-state index in [-0.39, 0.29) is 11.9 Å². The summed E-state index contributed by atoms with van der Waals surface area (Å²) in [6.07, 6.45) is 1.64. The number of ketones is 1. The topological polar surface area (TPSA) is 38.8 Å². The van der Waals surface area contributed by atoms with Gasteiger partial charge in [-0.05, 0) is 31.5 Å². The minimum atomic E-state index is -0.378. The minimum Gasteiger partial charge on any atom is -0.493 e. The molecule has 4 nitrogen and oxygen atoms in total. The lowest BCUT2D eigenvalue weighted by Gasteiger charge is -2.32. The molecule has 1 aromatic carbocycles. The van der Waals surface area contributed by atoms with Crippen molar-refractivity contribution < 1.29 is 14.3 Å². The van der Waals surface area contributed by atoms with Crippen LogP contribution in [0.5, 0.6) is 5.75 Å². The van der Waals surface area contributed by atoms with Crippen LogP contribution in [0, 0.1) is 0 Å². The van der Waals surface area contributed by atoms with E-state index < -0.39 is 0 Å². The van der Waals surface area contributed by atoms with Crippen LogP contribution in [0.1, 0.15) is 37.0 Å². The molecule has 1 unspecified atom stereocenters. The number of rotatable bonds is 7. The average Bonchev–Trinajstić information content (AvgIpc) is 2.53. The van der Waals surface area contributed by atoms with Gasteiger partial charge in [0.05, 0.1) is 18.8 Å². The Morgan fingerprint density at radius 2 is 2.14 bits per heavy atom. The fraction of sp³-hybridized carbons (Fsp3) is 0.588. The van der Waals surface area contributed by atoms with Crippen molar-refractivity contribution >= 4 is 5.78 Å². The maximum Gasteiger partial charge on any atom is 0.196 e. The van der Waals surface area contributed by atoms with Crippen LogP contribution >= 0.6 is 0 Å². The van der Waals surface area contributed by atoms with Gasteiger partial charge in [-0.2, -0.15) is 0 Å². The second kappa shape index (κ2) is 8.15. The molecule has 1 fully saturated rings. The molecule has 1 saturated heterocycles. The monoisotopic (exact) mass is 291 g/mol. The van der Waals surface area contributed by atoms with E-state index in [9.17, 15) is 4.79 Å². The number of carbonyl (C=O) groups is 1. The van der Waals surface area contributed by atoms with Gasteiger partial charge in [-0.1, -0.05) is 26.0 Å². The third-order valence-corrected chi connectivity index (χ3v) is 3.60. The van der Waals surface area contributed by atoms with Gasteiger partial charge < -0.3 is 9.47 Å². The Morgan fingerprint density at radius 3 is 2.90 bits per heavy atom. The van der Waals surface area contributed by atoms with Crippen molar-refractivity contribution in [1.29, 1.82) is 0 Å². The summed E-state index contributed by atoms with van der Waals surface area (Å²) < 4.78 is 11.4. The number of hydrogen-bond acceptors (Lipinski definition) is 4. The Morgan fingerprint density at radius 1 is 1.33 bits per heavy atom. The smallest absolute Gasteiger partial charge is 0.196 e. The van der Waals surface area contributed by atoms with Gasteiger partial charge >= 0.3 is 0 Å². The number of carbonyl (C=O) groups excluding carboxylic acids is 1. The quantitative estimate of drug-likeness (QED) is 0.724. The van der Waals surface area contributed by atoms with Crippen LogP contribution in [0.4, 0.5) is 0 Å². The van der Waals surface area contributed by atoms with Crippen LogP contribution in [-0.4, -0.2) is 49.6 Å². The van der Waals surface area contributed by atoms with E-state index in [1.807, 2.05) is 24.3 Å². The molecule has 0 saturated carbocycles. The van der Waals surface area contributed by atoms with Crippen LogP contribution in [0.15, 0.2) is 24.3 Å². The number of nitrogens with zero attached hydrogens (tertiary/aromatic N) is 1. The molecule has 0 aromatic heterocycles. The van der Waals surface area contributed by atoms with Gasteiger partial charge in [0, 0.05) is 13.1 Å². The predicted molar refractivity (Wildman–Crippen MR) is 83.0 cm³/mol. The average molecular weight is 291 g/mol. The molecular weight excluding hydrogens is 266 g/mol. The fourth-order valence-corrected chi connectivity index (χ4v) is 2.56. The molecule has 21 heavy (non-hydrogen) atoms. The summed E-state index contributed by atoms with van der Waals surface area (Å²) in [5.74, 6) is 0.697. The van der Waals surface area contributed by atoms with Crippen LogP contribution < -0.4 is 4.74 Å². The Balaban J connectivity index is 2.08. The summed E-state index contributed by atoms with van der Waals surface area (Å²) >= 11 is 0. The summed E-state index contributed by atoms with van der Waals surface area (Å²) in [5.41, 5.74) is 0.634. The molecule has 1 atom stereocenters. The maximum absolute atomic E-state index is 12.7. The second-order valence-corrected chi connectivity index (χ2v) is 5.37. The van der Waals surface area contributed by atoms with E-state index in [4.69, 9.17) is 9.47 Å². The van der Waals surface area contributed by atoms with Crippen molar-refractivity contribution in [2.24, 2.45) is 0 Å². The van der Waals surface area contributed by atoms with E-state index in [1.165, 1.54) is 0 Å². The highest BCUT2D eigenvalue weighted by Crippen LogP contribution is 2.22. The van der Waals surface area contributed by atoms with Crippen molar-refractivity contribution in [2.45, 2.75) is 32.8 Å². The predicted octanol–water partition coefficient (Wildman–Crippen LogP) is 2.77. The standard InChI is InChI=1S/C17H25NO3/c1-3-9-18-10-12-21-16(13-18)17(19)14-7-5-6-8-15(14)20-11-4-2/h5-8,16H,3-4,9-13H2,1-2H3. The minimum absolute atomic E-state index is 0.0301. The van der Waals surface area contributed by atoms with Crippen LogP contribution in [0.2, 0.25) is 0 Å². The number of Topliss-reactive ketones (excluding diaryl/α,β-unsaturated/α-hetero) is 1. The number of para-hydroxylation sites is 1. The molecule has 1 aliphatic heterocycles. The first-order chi connectivity index (χ1) is 10.3. The molecule has 4 heteroatoms. The van der Waals surface area contributed by atoms with E-state index in [0.29, 0.717) is 31.1 Å². The van der Waals surface area contributed by atoms with Gasteiger partial charge in [-0.25, -0.2) is 0 Å². The van der Waals surface area contributed by atoms with Gasteiger partial charge in [-0.3, -0.25) is 9.69 Å². The van der Waals surface area contributed by atoms with Gasteiger partial charge in [0.2, 0.25) is 0 Å². The van der Waals surface area contributed by atoms with E-state index >= 15 is 0 Å². The van der Waals surface area contributed by atoms with E-state index in [0.717, 1.165) is 25.9 Å². The second-order valence-electron chi connectivity index (χ2n) is 5.37. The van der Waals surface area contributed by atoms with Crippen molar-refractivity contribution in [1.82, 2.24) is 4.90 Å². The molecule has 0 bridgehead atoms. The number of morpholine rings is 1. The highest BCUT2D eigenvalue weighted by Gasteiger charge is 2.28. The zero-order chi connectivity index (χ0) is 15.1. The summed E-state index contributed by atoms with van der Waals surface area (Å²) in [6.45, 7) is 8.05. The lowest BCUT2D eigenvalue weighted by Crippen LogP contribution is -2.46. The largest absolute Gasteiger partial charge is 0.493 e. The number of ether oxygens (including phenoxy) is 2. The summed E-state index contributed by atoms with van der Waals surface area (Å²) in [5, 5.41) is 0. The van der Waals surface area contributed by atoms with Gasteiger partial charge in [-0.15, -0.1) is 0 Å². The Labute approximate surface area is 127 Å². The Bertz CT molecular complexity index is 459. The Kier molecular flexibility index (Phi) is 6.21. The lowest BCUT2D eigenvalue weighted by molar-refractivity contribution is -0.0165. The van der Waals surface area contributed by atoms with Crippen molar-refractivity contribution in [3.05, 3.63) is 29.8 Å². The van der Waals surface area contributed by atoms with Gasteiger partial charge in [0.25, 0.3) is 0 Å². The highest BCUT2D eigenvalue weighted by molar-refractivity contribution is 6.02. The number of hydrogen-bond donors (Lipinski definition) is 0. The van der Waals surface area contributed by atoms with E-state index in [1.54, 1.807) is 0 Å². The molecular formula is C17H25NO3.